The van der Waals surface area contributed by atoms with Gasteiger partial charge >= 0.3 is 0 Å². The monoisotopic (exact) mass is 360 g/mol. The summed E-state index contributed by atoms with van der Waals surface area (Å²) in [6, 6.07) is 17.5. The highest BCUT2D eigenvalue weighted by Gasteiger charge is 2.35. The molecule has 1 fully saturated rings. The van der Waals surface area contributed by atoms with Crippen LogP contribution in [0.3, 0.4) is 0 Å². The first kappa shape index (κ1) is 19.3. The van der Waals surface area contributed by atoms with Crippen LogP contribution >= 0.6 is 12.4 Å². The molecule has 2 atom stereocenters. The molecule has 1 aliphatic rings. The Bertz CT molecular complexity index is 706. The summed E-state index contributed by atoms with van der Waals surface area (Å²) in [6.07, 6.45) is 0.0249. The van der Waals surface area contributed by atoms with Crippen molar-refractivity contribution in [2.75, 3.05) is 13.1 Å². The summed E-state index contributed by atoms with van der Waals surface area (Å²) in [4.78, 5) is 14.8. The number of nitrogens with zero attached hydrogens (tertiary/aromatic N) is 1. The third kappa shape index (κ3) is 4.33. The normalized spacial score (nSPS) is 19.6. The number of benzene rings is 2. The molecular formula is C20H25ClN2O2. The first-order chi connectivity index (χ1) is 11.6. The van der Waals surface area contributed by atoms with E-state index in [4.69, 9.17) is 10.5 Å². The zero-order chi connectivity index (χ0) is 17.1. The summed E-state index contributed by atoms with van der Waals surface area (Å²) in [7, 11) is 0. The molecule has 2 aromatic rings. The molecule has 0 bridgehead atoms. The van der Waals surface area contributed by atoms with Crippen molar-refractivity contribution in [3.63, 3.8) is 0 Å². The minimum atomic E-state index is -0.0467. The molecule has 0 radical (unpaired) electrons. The van der Waals surface area contributed by atoms with Gasteiger partial charge in [0.25, 0.3) is 5.91 Å². The molecule has 1 aliphatic heterocycles. The van der Waals surface area contributed by atoms with Crippen molar-refractivity contribution in [2.45, 2.75) is 31.9 Å². The Morgan fingerprint density at radius 1 is 1.08 bits per heavy atom. The maximum Gasteiger partial charge on any atom is 0.257 e. The van der Waals surface area contributed by atoms with Crippen LogP contribution < -0.4 is 10.5 Å². The number of ether oxygens (including phenoxy) is 1. The fourth-order valence-corrected chi connectivity index (χ4v) is 3.22. The number of likely N-dealkylation sites (tertiary alicyclic amines) is 1. The molecule has 0 unspecified atom stereocenters. The second kappa shape index (κ2) is 8.37. The van der Waals surface area contributed by atoms with Crippen molar-refractivity contribution in [1.29, 1.82) is 0 Å². The van der Waals surface area contributed by atoms with Gasteiger partial charge in [-0.15, -0.1) is 12.4 Å². The largest absolute Gasteiger partial charge is 0.490 e. The third-order valence-electron chi connectivity index (χ3n) is 4.36. The van der Waals surface area contributed by atoms with E-state index in [1.807, 2.05) is 61.2 Å². The molecule has 2 N–H and O–H groups in total. The Balaban J connectivity index is 0.00000225. The van der Waals surface area contributed by atoms with Gasteiger partial charge in [-0.05, 0) is 31.5 Å². The van der Waals surface area contributed by atoms with E-state index in [9.17, 15) is 4.79 Å². The molecule has 3 rings (SSSR count). The molecule has 1 heterocycles. The number of para-hydroxylation sites is 1. The molecule has 2 aromatic carbocycles. The Hall–Kier alpha value is -2.04. The van der Waals surface area contributed by atoms with Crippen molar-refractivity contribution in [1.82, 2.24) is 4.90 Å². The number of halogens is 1. The fourth-order valence-electron chi connectivity index (χ4n) is 3.22. The highest BCUT2D eigenvalue weighted by Crippen LogP contribution is 2.29. The van der Waals surface area contributed by atoms with E-state index in [1.165, 1.54) is 5.56 Å². The number of carbonyl (C=O) groups is 1. The Morgan fingerprint density at radius 2 is 1.72 bits per heavy atom. The smallest absolute Gasteiger partial charge is 0.257 e. The van der Waals surface area contributed by atoms with Crippen LogP contribution in [0.25, 0.3) is 0 Å². The zero-order valence-electron chi connectivity index (χ0n) is 14.6. The summed E-state index contributed by atoms with van der Waals surface area (Å²) < 4.78 is 5.79. The van der Waals surface area contributed by atoms with Gasteiger partial charge < -0.3 is 15.4 Å². The number of hydrogen-bond acceptors (Lipinski definition) is 3. The number of nitrogens with two attached hydrogens (primary N) is 1. The third-order valence-corrected chi connectivity index (χ3v) is 4.36. The molecule has 1 amide bonds. The molecule has 4 nitrogen and oxygen atoms in total. The highest BCUT2D eigenvalue weighted by atomic mass is 35.5. The SMILES string of the molecule is CC(C)Oc1ccccc1C(=O)N1C[C@@H](N)[C@H](c2ccccc2)C1.Cl. The van der Waals surface area contributed by atoms with Crippen LogP contribution in [0.4, 0.5) is 0 Å². The van der Waals surface area contributed by atoms with Crippen molar-refractivity contribution in [3.8, 4) is 5.75 Å². The summed E-state index contributed by atoms with van der Waals surface area (Å²) in [5.74, 6) is 0.794. The first-order valence-corrected chi connectivity index (χ1v) is 8.41. The Morgan fingerprint density at radius 3 is 2.40 bits per heavy atom. The van der Waals surface area contributed by atoms with Crippen molar-refractivity contribution in [2.24, 2.45) is 5.73 Å². The lowest BCUT2D eigenvalue weighted by Gasteiger charge is -2.19. The average molecular weight is 361 g/mol. The van der Waals surface area contributed by atoms with Crippen LogP contribution in [0.5, 0.6) is 5.75 Å². The second-order valence-electron chi connectivity index (χ2n) is 6.55. The van der Waals surface area contributed by atoms with Gasteiger partial charge in [-0.25, -0.2) is 0 Å². The standard InChI is InChI=1S/C20H24N2O2.ClH/c1-14(2)24-19-11-7-6-10-16(19)20(23)22-12-17(18(21)13-22)15-8-4-3-5-9-15;/h3-11,14,17-18H,12-13,21H2,1-2H3;1H/t17-,18+;/m0./s1. The van der Waals surface area contributed by atoms with Gasteiger partial charge in [0.2, 0.25) is 0 Å². The van der Waals surface area contributed by atoms with Crippen molar-refractivity contribution >= 4 is 18.3 Å². The Kier molecular flexibility index (Phi) is 6.45. The predicted octanol–water partition coefficient (Wildman–Crippen LogP) is 3.46. The van der Waals surface area contributed by atoms with E-state index >= 15 is 0 Å². The lowest BCUT2D eigenvalue weighted by Crippen LogP contribution is -2.32. The minimum absolute atomic E-state index is 0. The Labute approximate surface area is 155 Å². The maximum atomic E-state index is 13.0. The quantitative estimate of drug-likeness (QED) is 0.908. The van der Waals surface area contributed by atoms with Crippen LogP contribution in [0, 0.1) is 0 Å². The summed E-state index contributed by atoms with van der Waals surface area (Å²) in [5.41, 5.74) is 8.10. The topological polar surface area (TPSA) is 55.6 Å². The van der Waals surface area contributed by atoms with Crippen LogP contribution in [-0.2, 0) is 0 Å². The van der Waals surface area contributed by atoms with E-state index in [1.54, 1.807) is 0 Å². The van der Waals surface area contributed by atoms with Gasteiger partial charge in [-0.3, -0.25) is 4.79 Å². The van der Waals surface area contributed by atoms with Crippen molar-refractivity contribution < 1.29 is 9.53 Å². The molecule has 0 saturated carbocycles. The van der Waals surface area contributed by atoms with E-state index in [-0.39, 0.29) is 36.4 Å². The lowest BCUT2D eigenvalue weighted by atomic mass is 9.95. The number of hydrogen-bond donors (Lipinski definition) is 1. The molecule has 5 heteroatoms. The van der Waals surface area contributed by atoms with Crippen molar-refractivity contribution in [3.05, 3.63) is 65.7 Å². The molecule has 0 spiro atoms. The molecule has 0 aliphatic carbocycles. The lowest BCUT2D eigenvalue weighted by molar-refractivity contribution is 0.0783. The molecular weight excluding hydrogens is 336 g/mol. The van der Waals surface area contributed by atoms with Gasteiger partial charge in [0.1, 0.15) is 5.75 Å². The number of carbonyl (C=O) groups excluding carboxylic acids is 1. The predicted molar refractivity (Wildman–Crippen MR) is 103 cm³/mol. The maximum absolute atomic E-state index is 13.0. The van der Waals surface area contributed by atoms with Gasteiger partial charge in [0.05, 0.1) is 11.7 Å². The molecule has 0 aromatic heterocycles. The van der Waals surface area contributed by atoms with Crippen LogP contribution in [0.1, 0.15) is 35.7 Å². The van der Waals surface area contributed by atoms with Crippen LogP contribution in [0.15, 0.2) is 54.6 Å². The van der Waals surface area contributed by atoms with Crippen LogP contribution in [0.2, 0.25) is 0 Å². The fraction of sp³-hybridized carbons (Fsp3) is 0.350. The molecule has 1 saturated heterocycles. The number of rotatable bonds is 4. The van der Waals surface area contributed by atoms with E-state index < -0.39 is 0 Å². The van der Waals surface area contributed by atoms with Crippen LogP contribution in [-0.4, -0.2) is 36.0 Å². The zero-order valence-corrected chi connectivity index (χ0v) is 15.4. The van der Waals surface area contributed by atoms with Gasteiger partial charge in [-0.2, -0.15) is 0 Å². The number of amides is 1. The van der Waals surface area contributed by atoms with E-state index in [0.29, 0.717) is 24.4 Å². The van der Waals surface area contributed by atoms with E-state index in [0.717, 1.165) is 0 Å². The highest BCUT2D eigenvalue weighted by molar-refractivity contribution is 5.97. The summed E-state index contributed by atoms with van der Waals surface area (Å²) >= 11 is 0. The molecule has 25 heavy (non-hydrogen) atoms. The van der Waals surface area contributed by atoms with Gasteiger partial charge in [-0.1, -0.05) is 42.5 Å². The average Bonchev–Trinajstić information content (AvgIpc) is 2.97. The minimum Gasteiger partial charge on any atom is -0.490 e. The first-order valence-electron chi connectivity index (χ1n) is 8.41. The van der Waals surface area contributed by atoms with Gasteiger partial charge in [0, 0.05) is 25.0 Å². The van der Waals surface area contributed by atoms with E-state index in [2.05, 4.69) is 12.1 Å². The summed E-state index contributed by atoms with van der Waals surface area (Å²) in [6.45, 7) is 5.12. The summed E-state index contributed by atoms with van der Waals surface area (Å²) in [5, 5.41) is 0. The van der Waals surface area contributed by atoms with Gasteiger partial charge in [0.15, 0.2) is 0 Å². The second-order valence-corrected chi connectivity index (χ2v) is 6.55. The molecule has 134 valence electrons.